The van der Waals surface area contributed by atoms with Crippen LogP contribution in [0.1, 0.15) is 17.3 Å². The number of hydrogen-bond donors (Lipinski definition) is 2. The molecule has 1 fully saturated rings. The van der Waals surface area contributed by atoms with Crippen LogP contribution in [0.25, 0.3) is 0 Å². The Bertz CT molecular complexity index is 468. The van der Waals surface area contributed by atoms with Crippen molar-refractivity contribution in [3.8, 4) is 0 Å². The summed E-state index contributed by atoms with van der Waals surface area (Å²) in [7, 11) is 2.14. The van der Waals surface area contributed by atoms with Gasteiger partial charge < -0.3 is 16.0 Å². The molecule has 0 radical (unpaired) electrons. The minimum atomic E-state index is -0.0928. The average Bonchev–Trinajstić information content (AvgIpc) is 2.41. The summed E-state index contributed by atoms with van der Waals surface area (Å²) < 4.78 is 0. The van der Waals surface area contributed by atoms with Gasteiger partial charge in [-0.05, 0) is 26.1 Å². The second-order valence-electron chi connectivity index (χ2n) is 5.57. The van der Waals surface area contributed by atoms with Crippen molar-refractivity contribution in [3.63, 3.8) is 0 Å². The highest BCUT2D eigenvalue weighted by Crippen LogP contribution is 2.10. The number of nitrogens with one attached hydrogen (secondary N) is 1. The first kappa shape index (κ1) is 24.5. The summed E-state index contributed by atoms with van der Waals surface area (Å²) in [6, 6.07) is 7.29. The number of hydrogen-bond acceptors (Lipinski definition) is 4. The minimum Gasteiger partial charge on any atom is -0.398 e. The van der Waals surface area contributed by atoms with E-state index in [4.69, 9.17) is 5.73 Å². The largest absolute Gasteiger partial charge is 0.398 e. The SMILES string of the molecule is CC(CN1CCN(C)CC1)NC(=O)c1ccccc1N.Cl.Cl.Cl. The molecule has 1 heterocycles. The Morgan fingerprint density at radius 1 is 1.17 bits per heavy atom. The third-order valence-electron chi connectivity index (χ3n) is 3.71. The van der Waals surface area contributed by atoms with Crippen molar-refractivity contribution in [2.45, 2.75) is 13.0 Å². The van der Waals surface area contributed by atoms with Crippen LogP contribution in [0, 0.1) is 0 Å². The predicted octanol–water partition coefficient (Wildman–Crippen LogP) is 1.90. The number of piperazine rings is 1. The summed E-state index contributed by atoms with van der Waals surface area (Å²) >= 11 is 0. The highest BCUT2D eigenvalue weighted by molar-refractivity contribution is 5.99. The van der Waals surface area contributed by atoms with Crippen LogP contribution in [0.4, 0.5) is 5.69 Å². The molecule has 0 bridgehead atoms. The summed E-state index contributed by atoms with van der Waals surface area (Å²) in [6.45, 7) is 7.22. The van der Waals surface area contributed by atoms with Crippen molar-refractivity contribution < 1.29 is 4.79 Å². The lowest BCUT2D eigenvalue weighted by atomic mass is 10.1. The molecule has 0 saturated carbocycles. The molecule has 23 heavy (non-hydrogen) atoms. The molecule has 134 valence electrons. The van der Waals surface area contributed by atoms with E-state index in [1.807, 2.05) is 19.1 Å². The molecule has 1 amide bonds. The molecule has 1 aliphatic heterocycles. The number of amides is 1. The Morgan fingerprint density at radius 2 is 1.74 bits per heavy atom. The third-order valence-corrected chi connectivity index (χ3v) is 3.71. The van der Waals surface area contributed by atoms with E-state index in [9.17, 15) is 4.79 Å². The van der Waals surface area contributed by atoms with Gasteiger partial charge in [-0.1, -0.05) is 12.1 Å². The molecule has 1 aromatic rings. The maximum atomic E-state index is 12.2. The number of para-hydroxylation sites is 1. The number of anilines is 1. The van der Waals surface area contributed by atoms with E-state index in [1.54, 1.807) is 12.1 Å². The maximum absolute atomic E-state index is 12.2. The predicted molar refractivity (Wildman–Crippen MR) is 103 cm³/mol. The van der Waals surface area contributed by atoms with Gasteiger partial charge in [-0.2, -0.15) is 0 Å². The van der Waals surface area contributed by atoms with Crippen molar-refractivity contribution in [2.24, 2.45) is 0 Å². The Balaban J connectivity index is 0. The quantitative estimate of drug-likeness (QED) is 0.777. The minimum absolute atomic E-state index is 0. The first-order valence-corrected chi connectivity index (χ1v) is 7.12. The third kappa shape index (κ3) is 7.59. The average molecular weight is 386 g/mol. The van der Waals surface area contributed by atoms with Crippen LogP contribution in [-0.2, 0) is 0 Å². The van der Waals surface area contributed by atoms with Gasteiger partial charge in [0, 0.05) is 44.5 Å². The maximum Gasteiger partial charge on any atom is 0.253 e. The van der Waals surface area contributed by atoms with E-state index in [-0.39, 0.29) is 49.2 Å². The highest BCUT2D eigenvalue weighted by atomic mass is 35.5. The van der Waals surface area contributed by atoms with Crippen molar-refractivity contribution in [2.75, 3.05) is 45.5 Å². The van der Waals surface area contributed by atoms with Crippen LogP contribution in [0.5, 0.6) is 0 Å². The molecule has 3 N–H and O–H groups in total. The lowest BCUT2D eigenvalue weighted by molar-refractivity contribution is 0.0915. The first-order chi connectivity index (χ1) is 9.56. The Morgan fingerprint density at radius 3 is 2.30 bits per heavy atom. The summed E-state index contributed by atoms with van der Waals surface area (Å²) in [5, 5.41) is 3.02. The lowest BCUT2D eigenvalue weighted by Crippen LogP contribution is -2.49. The number of carbonyl (C=O) groups is 1. The van der Waals surface area contributed by atoms with E-state index < -0.39 is 0 Å². The van der Waals surface area contributed by atoms with Gasteiger partial charge in [0.15, 0.2) is 0 Å². The molecule has 2 rings (SSSR count). The van der Waals surface area contributed by atoms with Crippen LogP contribution in [-0.4, -0.2) is 61.5 Å². The van der Waals surface area contributed by atoms with Gasteiger partial charge in [0.1, 0.15) is 0 Å². The van der Waals surface area contributed by atoms with Crippen molar-refractivity contribution >= 4 is 48.8 Å². The van der Waals surface area contributed by atoms with Gasteiger partial charge in [0.05, 0.1) is 5.56 Å². The molecule has 1 saturated heterocycles. The molecular formula is C15H27Cl3N4O. The molecule has 0 aliphatic carbocycles. The second-order valence-corrected chi connectivity index (χ2v) is 5.57. The topological polar surface area (TPSA) is 61.6 Å². The fourth-order valence-electron chi connectivity index (χ4n) is 2.47. The fraction of sp³-hybridized carbons (Fsp3) is 0.533. The smallest absolute Gasteiger partial charge is 0.253 e. The van der Waals surface area contributed by atoms with Gasteiger partial charge in [-0.25, -0.2) is 0 Å². The summed E-state index contributed by atoms with van der Waals surface area (Å²) in [4.78, 5) is 16.9. The molecule has 0 aromatic heterocycles. The summed E-state index contributed by atoms with van der Waals surface area (Å²) in [5.41, 5.74) is 6.90. The molecule has 1 unspecified atom stereocenters. The van der Waals surface area contributed by atoms with E-state index in [0.717, 1.165) is 32.7 Å². The zero-order valence-corrected chi connectivity index (χ0v) is 16.0. The number of carbonyl (C=O) groups excluding carboxylic acids is 1. The van der Waals surface area contributed by atoms with Crippen LogP contribution in [0.3, 0.4) is 0 Å². The van der Waals surface area contributed by atoms with Crippen LogP contribution < -0.4 is 11.1 Å². The first-order valence-electron chi connectivity index (χ1n) is 7.12. The molecule has 5 nitrogen and oxygen atoms in total. The van der Waals surface area contributed by atoms with Crippen LogP contribution in [0.15, 0.2) is 24.3 Å². The van der Waals surface area contributed by atoms with Crippen molar-refractivity contribution in [1.29, 1.82) is 0 Å². The van der Waals surface area contributed by atoms with E-state index in [2.05, 4.69) is 22.2 Å². The molecule has 0 spiro atoms. The van der Waals surface area contributed by atoms with E-state index in [0.29, 0.717) is 11.3 Å². The zero-order chi connectivity index (χ0) is 14.5. The number of nitrogens with zero attached hydrogens (tertiary/aromatic N) is 2. The number of rotatable bonds is 4. The monoisotopic (exact) mass is 384 g/mol. The normalized spacial score (nSPS) is 16.3. The summed E-state index contributed by atoms with van der Waals surface area (Å²) in [5.74, 6) is -0.0928. The number of halogens is 3. The second kappa shape index (κ2) is 11.8. The molecule has 1 atom stereocenters. The molecule has 1 aliphatic rings. The van der Waals surface area contributed by atoms with E-state index in [1.165, 1.54) is 0 Å². The Kier molecular flexibility index (Phi) is 12.5. The van der Waals surface area contributed by atoms with Gasteiger partial charge in [-0.15, -0.1) is 37.2 Å². The van der Waals surface area contributed by atoms with Gasteiger partial charge >= 0.3 is 0 Å². The molecular weight excluding hydrogens is 359 g/mol. The van der Waals surface area contributed by atoms with Crippen LogP contribution in [0.2, 0.25) is 0 Å². The lowest BCUT2D eigenvalue weighted by Gasteiger charge is -2.34. The van der Waals surface area contributed by atoms with E-state index >= 15 is 0 Å². The highest BCUT2D eigenvalue weighted by Gasteiger charge is 2.18. The molecule has 8 heteroatoms. The van der Waals surface area contributed by atoms with Crippen molar-refractivity contribution in [3.05, 3.63) is 29.8 Å². The fourth-order valence-corrected chi connectivity index (χ4v) is 2.47. The number of nitrogens with two attached hydrogens (primary N) is 1. The number of benzene rings is 1. The Labute approximate surface area is 157 Å². The van der Waals surface area contributed by atoms with Gasteiger partial charge in [-0.3, -0.25) is 9.69 Å². The number of nitrogen functional groups attached to an aromatic ring is 1. The van der Waals surface area contributed by atoms with Gasteiger partial charge in [0.2, 0.25) is 0 Å². The number of likely N-dealkylation sites (N-methyl/N-ethyl adjacent to an activating group) is 1. The summed E-state index contributed by atoms with van der Waals surface area (Å²) in [6.07, 6.45) is 0. The van der Waals surface area contributed by atoms with Gasteiger partial charge in [0.25, 0.3) is 5.91 Å². The Hall–Kier alpha value is -0.720. The molecule has 1 aromatic carbocycles. The zero-order valence-electron chi connectivity index (χ0n) is 13.5. The standard InChI is InChI=1S/C15H24N4O.3ClH/c1-12(11-19-9-7-18(2)8-10-19)17-15(20)13-5-3-4-6-14(13)16;;;/h3-6,12H,7-11,16H2,1-2H3,(H,17,20);3*1H. The van der Waals surface area contributed by atoms with Crippen molar-refractivity contribution in [1.82, 2.24) is 15.1 Å². The van der Waals surface area contributed by atoms with Crippen LogP contribution >= 0.6 is 37.2 Å².